The first kappa shape index (κ1) is 17.5. The number of hydrogen-bond acceptors (Lipinski definition) is 3. The SMILES string of the molecule is Cn1cc(C(=O)N2CCC3(CC2)c2ccccc2[C@@H](N)[C@@H]3O)c2ccccc21. The zero-order chi connectivity index (χ0) is 19.5. The molecule has 28 heavy (non-hydrogen) atoms. The van der Waals surface area contributed by atoms with E-state index in [9.17, 15) is 9.90 Å². The fourth-order valence-electron chi connectivity index (χ4n) is 5.27. The molecule has 5 rings (SSSR count). The van der Waals surface area contributed by atoms with Gasteiger partial charge in [0.15, 0.2) is 0 Å². The molecule has 2 atom stereocenters. The topological polar surface area (TPSA) is 71.5 Å². The summed E-state index contributed by atoms with van der Waals surface area (Å²) in [5.74, 6) is 0.0664. The van der Waals surface area contributed by atoms with Gasteiger partial charge in [0.25, 0.3) is 5.91 Å². The van der Waals surface area contributed by atoms with Crippen molar-refractivity contribution in [3.05, 3.63) is 71.4 Å². The zero-order valence-electron chi connectivity index (χ0n) is 16.0. The fraction of sp³-hybridized carbons (Fsp3) is 0.348. The second-order valence-electron chi connectivity index (χ2n) is 8.18. The van der Waals surface area contributed by atoms with Gasteiger partial charge in [0.05, 0.1) is 17.7 Å². The lowest BCUT2D eigenvalue weighted by atomic mass is 9.72. The first-order valence-electron chi connectivity index (χ1n) is 9.89. The second-order valence-corrected chi connectivity index (χ2v) is 8.18. The van der Waals surface area contributed by atoms with Crippen molar-refractivity contribution in [1.29, 1.82) is 0 Å². The summed E-state index contributed by atoms with van der Waals surface area (Å²) in [5, 5.41) is 11.9. The molecule has 1 fully saturated rings. The minimum Gasteiger partial charge on any atom is -0.390 e. The number of hydrogen-bond donors (Lipinski definition) is 2. The fourth-order valence-corrected chi connectivity index (χ4v) is 5.27. The largest absolute Gasteiger partial charge is 0.390 e. The number of amides is 1. The van der Waals surface area contributed by atoms with Crippen LogP contribution in [-0.4, -0.2) is 39.7 Å². The van der Waals surface area contributed by atoms with Crippen molar-refractivity contribution in [2.45, 2.75) is 30.4 Å². The van der Waals surface area contributed by atoms with Gasteiger partial charge in [-0.3, -0.25) is 4.79 Å². The first-order chi connectivity index (χ1) is 13.5. The van der Waals surface area contributed by atoms with Crippen molar-refractivity contribution in [3.63, 3.8) is 0 Å². The van der Waals surface area contributed by atoms with Crippen LogP contribution in [0.4, 0.5) is 0 Å². The number of fused-ring (bicyclic) bond motifs is 3. The lowest BCUT2D eigenvalue weighted by Gasteiger charge is -2.42. The Bertz CT molecular complexity index is 1060. The number of nitrogens with zero attached hydrogens (tertiary/aromatic N) is 2. The molecule has 0 saturated carbocycles. The van der Waals surface area contributed by atoms with Crippen LogP contribution in [0.2, 0.25) is 0 Å². The molecule has 1 saturated heterocycles. The number of carbonyl (C=O) groups is 1. The van der Waals surface area contributed by atoms with Crippen molar-refractivity contribution in [2.75, 3.05) is 13.1 Å². The molecule has 2 aliphatic rings. The summed E-state index contributed by atoms with van der Waals surface area (Å²) in [6, 6.07) is 15.7. The van der Waals surface area contributed by atoms with Crippen LogP contribution in [0.15, 0.2) is 54.7 Å². The van der Waals surface area contributed by atoms with Crippen LogP contribution in [0.1, 0.15) is 40.4 Å². The highest BCUT2D eigenvalue weighted by molar-refractivity contribution is 6.07. The van der Waals surface area contributed by atoms with Crippen molar-refractivity contribution >= 4 is 16.8 Å². The third kappa shape index (κ3) is 2.30. The third-order valence-electron chi connectivity index (χ3n) is 6.83. The van der Waals surface area contributed by atoms with E-state index in [0.717, 1.165) is 40.4 Å². The number of aliphatic hydroxyl groups excluding tert-OH is 1. The number of rotatable bonds is 1. The van der Waals surface area contributed by atoms with Crippen LogP contribution in [0, 0.1) is 0 Å². The molecule has 1 spiro atoms. The van der Waals surface area contributed by atoms with Crippen molar-refractivity contribution < 1.29 is 9.90 Å². The molecule has 3 N–H and O–H groups in total. The summed E-state index contributed by atoms with van der Waals surface area (Å²) in [5.41, 5.74) is 9.98. The normalized spacial score (nSPS) is 23.3. The molecule has 5 nitrogen and oxygen atoms in total. The van der Waals surface area contributed by atoms with Crippen LogP contribution in [-0.2, 0) is 12.5 Å². The lowest BCUT2D eigenvalue weighted by Crippen LogP contribution is -2.50. The maximum atomic E-state index is 13.2. The third-order valence-corrected chi connectivity index (χ3v) is 6.83. The average molecular weight is 375 g/mol. The number of nitrogens with two attached hydrogens (primary N) is 1. The summed E-state index contributed by atoms with van der Waals surface area (Å²) in [7, 11) is 1.97. The van der Waals surface area contributed by atoms with Gasteiger partial charge in [0.1, 0.15) is 0 Å². The molecule has 0 bridgehead atoms. The number of piperidine rings is 1. The molecule has 1 aliphatic carbocycles. The van der Waals surface area contributed by atoms with Crippen molar-refractivity contribution in [2.24, 2.45) is 12.8 Å². The van der Waals surface area contributed by atoms with E-state index in [1.165, 1.54) is 0 Å². The Kier molecular flexibility index (Phi) is 3.86. The highest BCUT2D eigenvalue weighted by Crippen LogP contribution is 2.50. The van der Waals surface area contributed by atoms with Gasteiger partial charge in [-0.1, -0.05) is 42.5 Å². The van der Waals surface area contributed by atoms with E-state index >= 15 is 0 Å². The van der Waals surface area contributed by atoms with Crippen LogP contribution in [0.5, 0.6) is 0 Å². The predicted octanol–water partition coefficient (Wildman–Crippen LogP) is 2.73. The highest BCUT2D eigenvalue weighted by atomic mass is 16.3. The van der Waals surface area contributed by atoms with E-state index in [4.69, 9.17) is 5.73 Å². The van der Waals surface area contributed by atoms with Gasteiger partial charge in [-0.05, 0) is 30.0 Å². The van der Waals surface area contributed by atoms with Crippen molar-refractivity contribution in [1.82, 2.24) is 9.47 Å². The molecule has 0 radical (unpaired) electrons. The minimum absolute atomic E-state index is 0.0664. The first-order valence-corrected chi connectivity index (χ1v) is 9.89. The van der Waals surface area contributed by atoms with Gasteiger partial charge in [-0.25, -0.2) is 0 Å². The molecule has 144 valence electrons. The monoisotopic (exact) mass is 375 g/mol. The maximum Gasteiger partial charge on any atom is 0.256 e. The molecule has 3 aromatic rings. The van der Waals surface area contributed by atoms with E-state index in [0.29, 0.717) is 13.1 Å². The summed E-state index contributed by atoms with van der Waals surface area (Å²) in [4.78, 5) is 15.2. The van der Waals surface area contributed by atoms with Gasteiger partial charge < -0.3 is 20.3 Å². The zero-order valence-corrected chi connectivity index (χ0v) is 16.0. The standard InChI is InChI=1S/C23H25N3O2/c1-25-14-17(15-6-3-5-9-19(15)25)22(28)26-12-10-23(11-13-26)18-8-4-2-7-16(18)20(24)21(23)27/h2-9,14,20-21,27H,10-13,24H2,1H3/t20-,21+/m1/s1. The Hall–Kier alpha value is -2.63. The quantitative estimate of drug-likeness (QED) is 0.687. The van der Waals surface area contributed by atoms with Crippen LogP contribution < -0.4 is 5.73 Å². The molecular formula is C23H25N3O2. The van der Waals surface area contributed by atoms with E-state index in [2.05, 4.69) is 6.07 Å². The Morgan fingerprint density at radius 3 is 2.57 bits per heavy atom. The summed E-state index contributed by atoms with van der Waals surface area (Å²) in [6.07, 6.45) is 2.79. The van der Waals surface area contributed by atoms with E-state index < -0.39 is 6.10 Å². The van der Waals surface area contributed by atoms with Gasteiger partial charge in [0, 0.05) is 42.7 Å². The number of para-hydroxylation sites is 1. The number of carbonyl (C=O) groups excluding carboxylic acids is 1. The van der Waals surface area contributed by atoms with Crippen LogP contribution in [0.3, 0.4) is 0 Å². The van der Waals surface area contributed by atoms with Crippen molar-refractivity contribution in [3.8, 4) is 0 Å². The lowest BCUT2D eigenvalue weighted by molar-refractivity contribution is 0.0263. The Morgan fingerprint density at radius 1 is 1.11 bits per heavy atom. The summed E-state index contributed by atoms with van der Waals surface area (Å²) < 4.78 is 2.00. The van der Waals surface area contributed by atoms with Crippen LogP contribution >= 0.6 is 0 Å². The predicted molar refractivity (Wildman–Crippen MR) is 109 cm³/mol. The van der Waals surface area contributed by atoms with E-state index in [1.807, 2.05) is 65.2 Å². The molecule has 0 unspecified atom stereocenters. The molecule has 2 heterocycles. The molecule has 1 aromatic heterocycles. The minimum atomic E-state index is -0.597. The number of likely N-dealkylation sites (tertiary alicyclic amines) is 1. The number of benzene rings is 2. The molecule has 5 heteroatoms. The number of aliphatic hydroxyl groups is 1. The van der Waals surface area contributed by atoms with Gasteiger partial charge in [-0.2, -0.15) is 0 Å². The second kappa shape index (κ2) is 6.19. The molecule has 1 amide bonds. The van der Waals surface area contributed by atoms with Gasteiger partial charge in [-0.15, -0.1) is 0 Å². The van der Waals surface area contributed by atoms with E-state index in [1.54, 1.807) is 0 Å². The Labute approximate surface area is 164 Å². The summed E-state index contributed by atoms with van der Waals surface area (Å²) in [6.45, 7) is 1.25. The van der Waals surface area contributed by atoms with Gasteiger partial charge >= 0.3 is 0 Å². The maximum absolute atomic E-state index is 13.2. The highest BCUT2D eigenvalue weighted by Gasteiger charge is 2.51. The Balaban J connectivity index is 1.43. The van der Waals surface area contributed by atoms with E-state index in [-0.39, 0.29) is 17.4 Å². The Morgan fingerprint density at radius 2 is 1.79 bits per heavy atom. The molecule has 1 aliphatic heterocycles. The number of aryl methyl sites for hydroxylation is 1. The number of aromatic nitrogens is 1. The summed E-state index contributed by atoms with van der Waals surface area (Å²) >= 11 is 0. The van der Waals surface area contributed by atoms with Gasteiger partial charge in [0.2, 0.25) is 0 Å². The molecule has 2 aromatic carbocycles. The molecular weight excluding hydrogens is 350 g/mol. The average Bonchev–Trinajstić information content (AvgIpc) is 3.18. The van der Waals surface area contributed by atoms with Crippen LogP contribution in [0.25, 0.3) is 10.9 Å². The smallest absolute Gasteiger partial charge is 0.256 e.